The molecule has 1 radical (unpaired) electrons. The number of para-hydroxylation sites is 1. The topological polar surface area (TPSA) is 116 Å². The predicted molar refractivity (Wildman–Crippen MR) is 61.1 cm³/mol. The Morgan fingerprint density at radius 1 is 1.37 bits per heavy atom. The molecule has 99 valence electrons. The molecule has 0 aliphatic carbocycles. The molecular weight excluding hydrogens is 289 g/mol. The van der Waals surface area contributed by atoms with Crippen LogP contribution >= 0.6 is 0 Å². The van der Waals surface area contributed by atoms with Crippen molar-refractivity contribution in [3.05, 3.63) is 49.1 Å². The molecule has 1 amide bonds. The zero-order chi connectivity index (χ0) is 12.3. The van der Waals surface area contributed by atoms with Crippen molar-refractivity contribution in [3.8, 4) is 5.75 Å². The van der Waals surface area contributed by atoms with Gasteiger partial charge in [-0.1, -0.05) is 18.2 Å². The van der Waals surface area contributed by atoms with E-state index in [9.17, 15) is 4.79 Å². The Hall–Kier alpha value is -1.80. The van der Waals surface area contributed by atoms with Crippen LogP contribution in [0.3, 0.4) is 0 Å². The number of rotatable bonds is 3. The first-order valence-corrected chi connectivity index (χ1v) is 4.86. The van der Waals surface area contributed by atoms with Gasteiger partial charge in [-0.3, -0.25) is 10.0 Å². The van der Waals surface area contributed by atoms with Gasteiger partial charge in [0.1, 0.15) is 5.75 Å². The maximum atomic E-state index is 10.5. The van der Waals surface area contributed by atoms with Gasteiger partial charge < -0.3 is 15.2 Å². The number of hydrogen-bond donors (Lipinski definition) is 3. The van der Waals surface area contributed by atoms with Crippen molar-refractivity contribution in [1.82, 2.24) is 15.4 Å². The van der Waals surface area contributed by atoms with Gasteiger partial charge in [0.2, 0.25) is 0 Å². The second-order valence-corrected chi connectivity index (χ2v) is 2.90. The first-order valence-electron chi connectivity index (χ1n) is 4.86. The Morgan fingerprint density at radius 3 is 2.47 bits per heavy atom. The summed E-state index contributed by atoms with van der Waals surface area (Å²) in [5, 5.41) is 8.13. The fourth-order valence-corrected chi connectivity index (χ4v) is 0.913. The fourth-order valence-electron chi connectivity index (χ4n) is 0.913. The molecule has 19 heavy (non-hydrogen) atoms. The molecular formula is C11H13N3O4V+2. The normalized spacial score (nSPS) is 7.84. The summed E-state index contributed by atoms with van der Waals surface area (Å²) in [6.07, 6.45) is 5.08. The first kappa shape index (κ1) is 19.5. The van der Waals surface area contributed by atoms with E-state index in [-0.39, 0.29) is 30.6 Å². The summed E-state index contributed by atoms with van der Waals surface area (Å²) in [7, 11) is 0. The molecule has 7 nitrogen and oxygen atoms in total. The predicted octanol–water partition coefficient (Wildman–Crippen LogP) is 0.859. The third-order valence-electron chi connectivity index (χ3n) is 1.64. The molecule has 0 bridgehead atoms. The van der Waals surface area contributed by atoms with Gasteiger partial charge in [0.15, 0.2) is 6.61 Å². The van der Waals surface area contributed by atoms with E-state index in [0.717, 1.165) is 0 Å². The molecule has 0 aliphatic rings. The number of carbonyl (C=O) groups is 1. The molecule has 2 rings (SSSR count). The number of nitrogens with zero attached hydrogens (tertiary/aromatic N) is 1. The van der Waals surface area contributed by atoms with Crippen LogP contribution in [-0.4, -0.2) is 27.7 Å². The third kappa shape index (κ3) is 9.87. The number of benzene rings is 1. The van der Waals surface area contributed by atoms with Gasteiger partial charge >= 0.3 is 18.6 Å². The van der Waals surface area contributed by atoms with Crippen molar-refractivity contribution < 1.29 is 38.8 Å². The third-order valence-corrected chi connectivity index (χ3v) is 1.64. The van der Waals surface area contributed by atoms with Crippen LogP contribution in [0.2, 0.25) is 0 Å². The summed E-state index contributed by atoms with van der Waals surface area (Å²) in [5.41, 5.74) is 1.47. The molecule has 2 aromatic rings. The Bertz CT molecular complexity index is 394. The quantitative estimate of drug-likeness (QED) is 0.576. The van der Waals surface area contributed by atoms with Crippen LogP contribution in [0.25, 0.3) is 0 Å². The van der Waals surface area contributed by atoms with Crippen LogP contribution in [-0.2, 0) is 28.8 Å². The van der Waals surface area contributed by atoms with E-state index in [1.165, 1.54) is 5.48 Å². The Morgan fingerprint density at radius 2 is 2.05 bits per heavy atom. The standard InChI is InChI=1S/C8H9NO3.C3H4N2.O.V/c10-8(9-11)6-12-7-4-2-1-3-5-7;1-2-5-3-4-1;;/h1-5,11H,6H2,(H,9,10);1-3H,(H,4,5);;/q;;-2;+4. The molecule has 8 heteroatoms. The smallest absolute Gasteiger partial charge is 2.00 e. The Labute approximate surface area is 122 Å². The Balaban J connectivity index is 0. The molecule has 1 aromatic heterocycles. The summed E-state index contributed by atoms with van der Waals surface area (Å²) in [4.78, 5) is 16.9. The molecule has 3 N–H and O–H groups in total. The summed E-state index contributed by atoms with van der Waals surface area (Å²) in [5.74, 6) is 0.0277. The summed E-state index contributed by atoms with van der Waals surface area (Å²) >= 11 is 0. The van der Waals surface area contributed by atoms with Gasteiger partial charge in [-0.05, 0) is 12.1 Å². The summed E-state index contributed by atoms with van der Waals surface area (Å²) in [6.45, 7) is -0.180. The number of nitrogens with one attached hydrogen (secondary N) is 2. The van der Waals surface area contributed by atoms with Gasteiger partial charge in [0.05, 0.1) is 6.33 Å². The van der Waals surface area contributed by atoms with E-state index < -0.39 is 5.91 Å². The van der Waals surface area contributed by atoms with Gasteiger partial charge in [0, 0.05) is 12.4 Å². The Kier molecular flexibility index (Phi) is 13.0. The monoisotopic (exact) mass is 302 g/mol. The van der Waals surface area contributed by atoms with Crippen LogP contribution in [0, 0.1) is 0 Å². The minimum absolute atomic E-state index is 0. The van der Waals surface area contributed by atoms with Gasteiger partial charge in [-0.25, -0.2) is 10.5 Å². The SMILES string of the molecule is O=C(COc1ccccc1)NO.[O-2].[V+4].c1c[nH]cn1. The average molecular weight is 302 g/mol. The molecule has 1 aromatic carbocycles. The molecule has 0 saturated heterocycles. The molecule has 0 aliphatic heterocycles. The molecule has 0 spiro atoms. The molecule has 0 fully saturated rings. The van der Waals surface area contributed by atoms with Gasteiger partial charge in [0.25, 0.3) is 5.91 Å². The maximum Gasteiger partial charge on any atom is 4.00 e. The average Bonchev–Trinajstić information content (AvgIpc) is 2.96. The minimum Gasteiger partial charge on any atom is -2.00 e. The maximum absolute atomic E-state index is 10.5. The number of aromatic amines is 1. The second kappa shape index (κ2) is 12.7. The van der Waals surface area contributed by atoms with Gasteiger partial charge in [-0.15, -0.1) is 0 Å². The molecule has 0 unspecified atom stereocenters. The van der Waals surface area contributed by atoms with Crippen LogP contribution in [0.15, 0.2) is 49.1 Å². The number of aromatic nitrogens is 2. The number of amides is 1. The van der Waals surface area contributed by atoms with Crippen molar-refractivity contribution in [2.45, 2.75) is 0 Å². The number of carbonyl (C=O) groups excluding carboxylic acids is 1. The fraction of sp³-hybridized carbons (Fsp3) is 0.0909. The van der Waals surface area contributed by atoms with Gasteiger partial charge in [-0.2, -0.15) is 0 Å². The molecule has 1 heterocycles. The number of hydrogen-bond acceptors (Lipinski definition) is 4. The van der Waals surface area contributed by atoms with Crippen molar-refractivity contribution >= 4 is 5.91 Å². The van der Waals surface area contributed by atoms with Crippen molar-refractivity contribution in [2.24, 2.45) is 0 Å². The van der Waals surface area contributed by atoms with Crippen molar-refractivity contribution in [3.63, 3.8) is 0 Å². The van der Waals surface area contributed by atoms with E-state index in [1.54, 1.807) is 43.0 Å². The zero-order valence-electron chi connectivity index (χ0n) is 9.89. The largest absolute Gasteiger partial charge is 4.00 e. The summed E-state index contributed by atoms with van der Waals surface area (Å²) in [6, 6.07) is 8.90. The van der Waals surface area contributed by atoms with E-state index in [0.29, 0.717) is 5.75 Å². The van der Waals surface area contributed by atoms with Crippen LogP contribution < -0.4 is 10.2 Å². The first-order chi connectivity index (χ1) is 8.33. The number of ether oxygens (including phenoxy) is 1. The van der Waals surface area contributed by atoms with E-state index in [1.807, 2.05) is 6.07 Å². The number of imidazole rings is 1. The minimum atomic E-state index is -0.571. The van der Waals surface area contributed by atoms with E-state index >= 15 is 0 Å². The van der Waals surface area contributed by atoms with Crippen molar-refractivity contribution in [2.75, 3.05) is 6.61 Å². The summed E-state index contributed by atoms with van der Waals surface area (Å²) < 4.78 is 4.99. The van der Waals surface area contributed by atoms with Crippen LogP contribution in [0.1, 0.15) is 0 Å². The molecule has 0 saturated carbocycles. The van der Waals surface area contributed by atoms with Crippen LogP contribution in [0.5, 0.6) is 5.75 Å². The zero-order valence-corrected chi connectivity index (χ0v) is 11.3. The number of hydroxylamine groups is 1. The van der Waals surface area contributed by atoms with Crippen LogP contribution in [0.4, 0.5) is 0 Å². The second-order valence-electron chi connectivity index (χ2n) is 2.90. The van der Waals surface area contributed by atoms with Crippen molar-refractivity contribution in [1.29, 1.82) is 0 Å². The molecule has 0 atom stereocenters. The van der Waals surface area contributed by atoms with E-state index in [2.05, 4.69) is 9.97 Å². The van der Waals surface area contributed by atoms with E-state index in [4.69, 9.17) is 9.94 Å². The number of H-pyrrole nitrogens is 1.